The molecule has 0 bridgehead atoms. The summed E-state index contributed by atoms with van der Waals surface area (Å²) in [4.78, 5) is 24.2. The number of benzene rings is 2. The van der Waals surface area contributed by atoms with Crippen LogP contribution in [0.4, 0.5) is 10.1 Å². The molecule has 3 rings (SSSR count). The van der Waals surface area contributed by atoms with Gasteiger partial charge in [0.25, 0.3) is 5.91 Å². The van der Waals surface area contributed by atoms with Gasteiger partial charge in [-0.15, -0.1) is 11.3 Å². The molecule has 0 aliphatic carbocycles. The van der Waals surface area contributed by atoms with E-state index in [1.54, 1.807) is 6.07 Å². The number of hydrogen-bond donors (Lipinski definition) is 1. The van der Waals surface area contributed by atoms with Crippen LogP contribution in [0.1, 0.15) is 9.67 Å². The first-order valence-corrected chi connectivity index (χ1v) is 8.62. The normalized spacial score (nSPS) is 10.7. The van der Waals surface area contributed by atoms with Crippen LogP contribution in [0.5, 0.6) is 0 Å². The standard InChI is InChI=1S/C17H10Cl2FNO3S/c18-9-5-6-11(20)12(7-9)21-14(22)8-24-17(23)16-15(19)10-3-1-2-4-13(10)25-16/h1-7H,8H2,(H,21,22). The fraction of sp³-hybridized carbons (Fsp3) is 0.0588. The highest BCUT2D eigenvalue weighted by atomic mass is 35.5. The molecule has 0 aliphatic heterocycles. The Labute approximate surface area is 156 Å². The molecule has 1 N–H and O–H groups in total. The third-order valence-corrected chi connectivity index (χ3v) is 5.15. The molecule has 0 saturated carbocycles. The van der Waals surface area contributed by atoms with Crippen molar-refractivity contribution < 1.29 is 18.7 Å². The summed E-state index contributed by atoms with van der Waals surface area (Å²) in [6, 6.07) is 11.0. The van der Waals surface area contributed by atoms with Gasteiger partial charge in [-0.3, -0.25) is 4.79 Å². The lowest BCUT2D eigenvalue weighted by Crippen LogP contribution is -2.21. The van der Waals surface area contributed by atoms with Gasteiger partial charge in [0.05, 0.1) is 10.7 Å². The molecule has 1 amide bonds. The van der Waals surface area contributed by atoms with Gasteiger partial charge in [-0.25, -0.2) is 9.18 Å². The van der Waals surface area contributed by atoms with E-state index in [-0.39, 0.29) is 20.6 Å². The maximum atomic E-state index is 13.6. The van der Waals surface area contributed by atoms with Crippen LogP contribution in [0, 0.1) is 5.82 Å². The lowest BCUT2D eigenvalue weighted by Gasteiger charge is -2.07. The van der Waals surface area contributed by atoms with Gasteiger partial charge in [0, 0.05) is 15.1 Å². The van der Waals surface area contributed by atoms with Gasteiger partial charge in [-0.05, 0) is 24.3 Å². The number of amides is 1. The van der Waals surface area contributed by atoms with Crippen molar-refractivity contribution in [3.63, 3.8) is 0 Å². The lowest BCUT2D eigenvalue weighted by molar-refractivity contribution is -0.119. The number of nitrogens with one attached hydrogen (secondary N) is 1. The number of carbonyl (C=O) groups excluding carboxylic acids is 2. The van der Waals surface area contributed by atoms with E-state index in [0.717, 1.165) is 16.2 Å². The Morgan fingerprint density at radius 2 is 1.92 bits per heavy atom. The Balaban J connectivity index is 1.66. The van der Waals surface area contributed by atoms with Crippen LogP contribution in [-0.4, -0.2) is 18.5 Å². The van der Waals surface area contributed by atoms with E-state index >= 15 is 0 Å². The molecular weight excluding hydrogens is 388 g/mol. The second-order valence-electron chi connectivity index (χ2n) is 4.99. The minimum atomic E-state index is -0.715. The van der Waals surface area contributed by atoms with E-state index in [9.17, 15) is 14.0 Å². The molecule has 0 atom stereocenters. The maximum absolute atomic E-state index is 13.6. The van der Waals surface area contributed by atoms with Crippen molar-refractivity contribution in [3.05, 3.63) is 63.2 Å². The zero-order chi connectivity index (χ0) is 18.0. The predicted octanol–water partition coefficient (Wildman–Crippen LogP) is 5.14. The topological polar surface area (TPSA) is 55.4 Å². The van der Waals surface area contributed by atoms with Crippen LogP contribution in [0.25, 0.3) is 10.1 Å². The van der Waals surface area contributed by atoms with Gasteiger partial charge in [0.2, 0.25) is 0 Å². The minimum absolute atomic E-state index is 0.0894. The summed E-state index contributed by atoms with van der Waals surface area (Å²) in [6.07, 6.45) is 0. The van der Waals surface area contributed by atoms with Gasteiger partial charge in [-0.2, -0.15) is 0 Å². The summed E-state index contributed by atoms with van der Waals surface area (Å²) in [6.45, 7) is -0.574. The van der Waals surface area contributed by atoms with Crippen LogP contribution < -0.4 is 5.32 Å². The van der Waals surface area contributed by atoms with Gasteiger partial charge in [0.1, 0.15) is 10.7 Å². The maximum Gasteiger partial charge on any atom is 0.350 e. The average molecular weight is 398 g/mol. The largest absolute Gasteiger partial charge is 0.451 e. The number of fused-ring (bicyclic) bond motifs is 1. The number of anilines is 1. The van der Waals surface area contributed by atoms with Gasteiger partial charge in [0.15, 0.2) is 6.61 Å². The Morgan fingerprint density at radius 1 is 1.16 bits per heavy atom. The van der Waals surface area contributed by atoms with Gasteiger partial charge in [-0.1, -0.05) is 41.4 Å². The number of rotatable bonds is 4. The third kappa shape index (κ3) is 3.92. The Morgan fingerprint density at radius 3 is 2.68 bits per heavy atom. The molecular formula is C17H10Cl2FNO3S. The highest BCUT2D eigenvalue weighted by molar-refractivity contribution is 7.21. The van der Waals surface area contributed by atoms with Crippen molar-refractivity contribution in [2.75, 3.05) is 11.9 Å². The molecule has 25 heavy (non-hydrogen) atoms. The fourth-order valence-electron chi connectivity index (χ4n) is 2.12. The number of esters is 1. The Bertz CT molecular complexity index is 974. The highest BCUT2D eigenvalue weighted by Crippen LogP contribution is 2.35. The smallest absolute Gasteiger partial charge is 0.350 e. The first-order chi connectivity index (χ1) is 12.0. The highest BCUT2D eigenvalue weighted by Gasteiger charge is 2.19. The number of ether oxygens (including phenoxy) is 1. The zero-order valence-electron chi connectivity index (χ0n) is 12.5. The first-order valence-electron chi connectivity index (χ1n) is 7.05. The van der Waals surface area contributed by atoms with Crippen molar-refractivity contribution in [3.8, 4) is 0 Å². The summed E-state index contributed by atoms with van der Waals surface area (Å²) in [7, 11) is 0. The molecule has 4 nitrogen and oxygen atoms in total. The molecule has 1 aromatic heterocycles. The second kappa shape index (κ2) is 7.39. The SMILES string of the molecule is O=C(COC(=O)c1sc2ccccc2c1Cl)Nc1cc(Cl)ccc1F. The molecule has 8 heteroatoms. The minimum Gasteiger partial charge on any atom is -0.451 e. The van der Waals surface area contributed by atoms with E-state index in [2.05, 4.69) is 5.32 Å². The first kappa shape index (κ1) is 17.7. The van der Waals surface area contributed by atoms with Crippen molar-refractivity contribution in [1.82, 2.24) is 0 Å². The summed E-state index contributed by atoms with van der Waals surface area (Å²) in [5.74, 6) is -2.05. The van der Waals surface area contributed by atoms with Crippen molar-refractivity contribution in [2.24, 2.45) is 0 Å². The molecule has 1 heterocycles. The number of carbonyl (C=O) groups is 2. The van der Waals surface area contributed by atoms with Crippen molar-refractivity contribution in [1.29, 1.82) is 0 Å². The fourth-order valence-corrected chi connectivity index (χ4v) is 3.70. The molecule has 0 fully saturated rings. The van der Waals surface area contributed by atoms with E-state index in [1.807, 2.05) is 18.2 Å². The summed E-state index contributed by atoms with van der Waals surface area (Å²) < 4.78 is 19.4. The van der Waals surface area contributed by atoms with Crippen LogP contribution in [0.3, 0.4) is 0 Å². The van der Waals surface area contributed by atoms with Crippen LogP contribution in [0.2, 0.25) is 10.0 Å². The van der Waals surface area contributed by atoms with Gasteiger partial charge >= 0.3 is 5.97 Å². The van der Waals surface area contributed by atoms with E-state index in [1.165, 1.54) is 23.5 Å². The molecule has 0 unspecified atom stereocenters. The van der Waals surface area contributed by atoms with E-state index in [0.29, 0.717) is 0 Å². The van der Waals surface area contributed by atoms with Crippen molar-refractivity contribution >= 4 is 62.2 Å². The van der Waals surface area contributed by atoms with Crippen molar-refractivity contribution in [2.45, 2.75) is 0 Å². The zero-order valence-corrected chi connectivity index (χ0v) is 14.8. The molecule has 128 valence electrons. The Hall–Kier alpha value is -2.15. The van der Waals surface area contributed by atoms with Crippen LogP contribution in [-0.2, 0) is 9.53 Å². The van der Waals surface area contributed by atoms with Crippen LogP contribution in [0.15, 0.2) is 42.5 Å². The van der Waals surface area contributed by atoms with E-state index < -0.39 is 24.3 Å². The Kier molecular flexibility index (Phi) is 5.22. The molecule has 3 aromatic rings. The average Bonchev–Trinajstić information content (AvgIpc) is 2.93. The monoisotopic (exact) mass is 397 g/mol. The summed E-state index contributed by atoms with van der Waals surface area (Å²) >= 11 is 13.1. The molecule has 0 saturated heterocycles. The quantitative estimate of drug-likeness (QED) is 0.619. The second-order valence-corrected chi connectivity index (χ2v) is 6.86. The van der Waals surface area contributed by atoms with Crippen LogP contribution >= 0.6 is 34.5 Å². The predicted molar refractivity (Wildman–Crippen MR) is 97.2 cm³/mol. The lowest BCUT2D eigenvalue weighted by atomic mass is 10.2. The number of hydrogen-bond acceptors (Lipinski definition) is 4. The third-order valence-electron chi connectivity index (χ3n) is 3.26. The molecule has 0 spiro atoms. The summed E-state index contributed by atoms with van der Waals surface area (Å²) in [5, 5.41) is 3.59. The molecule has 0 radical (unpaired) electrons. The number of halogens is 3. The van der Waals surface area contributed by atoms with Gasteiger partial charge < -0.3 is 10.1 Å². The molecule has 2 aromatic carbocycles. The van der Waals surface area contributed by atoms with E-state index in [4.69, 9.17) is 27.9 Å². The number of thiophene rings is 1. The molecule has 0 aliphatic rings. The summed E-state index contributed by atoms with van der Waals surface area (Å²) in [5.41, 5.74) is -0.0894.